The molecule has 1 aliphatic rings. The highest BCUT2D eigenvalue weighted by Crippen LogP contribution is 2.50. The van der Waals surface area contributed by atoms with E-state index < -0.39 is 0 Å². The van der Waals surface area contributed by atoms with E-state index in [-0.39, 0.29) is 0 Å². The first kappa shape index (κ1) is 29.3. The van der Waals surface area contributed by atoms with Crippen LogP contribution in [0.25, 0.3) is 103 Å². The van der Waals surface area contributed by atoms with E-state index in [1.165, 1.54) is 79.4 Å². The molecule has 0 unspecified atom stereocenters. The van der Waals surface area contributed by atoms with Crippen LogP contribution in [0.3, 0.4) is 0 Å². The molecular formula is C48H27N3S2. The molecule has 0 amide bonds. The van der Waals surface area contributed by atoms with Crippen LogP contribution < -0.4 is 0 Å². The summed E-state index contributed by atoms with van der Waals surface area (Å²) < 4.78 is 5.02. The molecule has 8 aromatic carbocycles. The van der Waals surface area contributed by atoms with Crippen molar-refractivity contribution in [2.75, 3.05) is 0 Å². The average Bonchev–Trinajstić information content (AvgIpc) is 3.78. The topological polar surface area (TPSA) is 30.7 Å². The van der Waals surface area contributed by atoms with Crippen molar-refractivity contribution in [1.29, 1.82) is 0 Å². The van der Waals surface area contributed by atoms with Crippen molar-refractivity contribution in [3.63, 3.8) is 0 Å². The molecule has 0 aliphatic carbocycles. The van der Waals surface area contributed by atoms with E-state index in [0.29, 0.717) is 0 Å². The van der Waals surface area contributed by atoms with Crippen LogP contribution in [-0.2, 0) is 0 Å². The van der Waals surface area contributed by atoms with Gasteiger partial charge in [-0.25, -0.2) is 9.97 Å². The first-order chi connectivity index (χ1) is 26.3. The lowest BCUT2D eigenvalue weighted by Gasteiger charge is -2.21. The molecule has 246 valence electrons. The predicted molar refractivity (Wildman–Crippen MR) is 225 cm³/mol. The number of nitrogens with zero attached hydrogens (tertiary/aromatic N) is 3. The van der Waals surface area contributed by atoms with Gasteiger partial charge in [0.25, 0.3) is 0 Å². The van der Waals surface area contributed by atoms with Gasteiger partial charge >= 0.3 is 0 Å². The quantitative estimate of drug-likeness (QED) is 0.183. The third kappa shape index (κ3) is 4.23. The molecule has 3 aromatic heterocycles. The van der Waals surface area contributed by atoms with Gasteiger partial charge in [-0.05, 0) is 46.8 Å². The van der Waals surface area contributed by atoms with Gasteiger partial charge in [0.15, 0.2) is 5.82 Å². The molecule has 5 heteroatoms. The fourth-order valence-corrected chi connectivity index (χ4v) is 10.9. The van der Waals surface area contributed by atoms with E-state index in [1.54, 1.807) is 0 Å². The zero-order valence-electron chi connectivity index (χ0n) is 28.2. The van der Waals surface area contributed by atoms with Crippen molar-refractivity contribution in [2.24, 2.45) is 0 Å². The maximum atomic E-state index is 5.27. The summed E-state index contributed by atoms with van der Waals surface area (Å²) >= 11 is 3.74. The zero-order valence-corrected chi connectivity index (χ0v) is 29.9. The van der Waals surface area contributed by atoms with Gasteiger partial charge in [0.1, 0.15) is 0 Å². The van der Waals surface area contributed by atoms with Crippen LogP contribution in [-0.4, -0.2) is 14.5 Å². The van der Waals surface area contributed by atoms with Crippen LogP contribution >= 0.6 is 23.1 Å². The summed E-state index contributed by atoms with van der Waals surface area (Å²) in [6.45, 7) is 0. The summed E-state index contributed by atoms with van der Waals surface area (Å²) in [6.07, 6.45) is 0. The van der Waals surface area contributed by atoms with Gasteiger partial charge in [0.05, 0.1) is 27.9 Å². The monoisotopic (exact) mass is 709 g/mol. The molecule has 1 aliphatic heterocycles. The Morgan fingerprint density at radius 3 is 2.17 bits per heavy atom. The highest BCUT2D eigenvalue weighted by molar-refractivity contribution is 7.99. The van der Waals surface area contributed by atoms with Gasteiger partial charge in [0, 0.05) is 62.6 Å². The largest absolute Gasteiger partial charge is 0.306 e. The average molecular weight is 710 g/mol. The zero-order chi connectivity index (χ0) is 34.6. The number of para-hydroxylation sites is 2. The number of rotatable bonds is 3. The molecule has 0 N–H and O–H groups in total. The van der Waals surface area contributed by atoms with Gasteiger partial charge in [0.2, 0.25) is 0 Å². The molecule has 0 saturated heterocycles. The molecule has 4 heterocycles. The maximum Gasteiger partial charge on any atom is 0.161 e. The number of thiophene rings is 1. The van der Waals surface area contributed by atoms with Crippen LogP contribution in [0.15, 0.2) is 174 Å². The van der Waals surface area contributed by atoms with Crippen molar-refractivity contribution in [3.8, 4) is 39.5 Å². The van der Waals surface area contributed by atoms with Crippen LogP contribution in [0.2, 0.25) is 0 Å². The van der Waals surface area contributed by atoms with E-state index in [9.17, 15) is 0 Å². The number of hydrogen-bond donors (Lipinski definition) is 0. The number of hydrogen-bond acceptors (Lipinski definition) is 4. The predicted octanol–water partition coefficient (Wildman–Crippen LogP) is 13.7. The van der Waals surface area contributed by atoms with Gasteiger partial charge < -0.3 is 4.57 Å². The minimum Gasteiger partial charge on any atom is -0.306 e. The molecule has 0 spiro atoms. The third-order valence-corrected chi connectivity index (χ3v) is 13.1. The molecule has 0 atom stereocenters. The number of aromatic nitrogens is 3. The molecule has 0 fully saturated rings. The van der Waals surface area contributed by atoms with E-state index in [4.69, 9.17) is 9.97 Å². The highest BCUT2D eigenvalue weighted by atomic mass is 32.2. The second-order valence-corrected chi connectivity index (χ2v) is 15.8. The number of benzene rings is 8. The minimum absolute atomic E-state index is 0.750. The molecule has 11 aromatic rings. The molecule has 53 heavy (non-hydrogen) atoms. The Morgan fingerprint density at radius 2 is 1.23 bits per heavy atom. The Labute approximate surface area is 312 Å². The van der Waals surface area contributed by atoms with Crippen molar-refractivity contribution >= 4 is 86.8 Å². The Hall–Kier alpha value is -6.27. The lowest BCUT2D eigenvalue weighted by atomic mass is 9.99. The highest BCUT2D eigenvalue weighted by Gasteiger charge is 2.25. The van der Waals surface area contributed by atoms with Gasteiger partial charge in [-0.1, -0.05) is 145 Å². The second-order valence-electron chi connectivity index (χ2n) is 13.7. The summed E-state index contributed by atoms with van der Waals surface area (Å²) in [5.41, 5.74) is 10.3. The molecular weight excluding hydrogens is 683 g/mol. The normalized spacial score (nSPS) is 12.5. The fourth-order valence-electron chi connectivity index (χ4n) is 8.46. The Bertz CT molecular complexity index is 3320. The fraction of sp³-hybridized carbons (Fsp3) is 0. The summed E-state index contributed by atoms with van der Waals surface area (Å²) in [5, 5.41) is 8.65. The maximum absolute atomic E-state index is 5.27. The summed E-state index contributed by atoms with van der Waals surface area (Å²) in [7, 11) is 0. The Morgan fingerprint density at radius 1 is 0.472 bits per heavy atom. The lowest BCUT2D eigenvalue weighted by molar-refractivity contribution is 1.10. The van der Waals surface area contributed by atoms with Crippen molar-refractivity contribution in [3.05, 3.63) is 164 Å². The molecule has 3 nitrogen and oxygen atoms in total. The molecule has 0 radical (unpaired) electrons. The van der Waals surface area contributed by atoms with Gasteiger partial charge in [-0.3, -0.25) is 0 Å². The smallest absolute Gasteiger partial charge is 0.161 e. The van der Waals surface area contributed by atoms with Crippen molar-refractivity contribution in [1.82, 2.24) is 14.5 Å². The Balaban J connectivity index is 1.05. The van der Waals surface area contributed by atoms with Gasteiger partial charge in [-0.2, -0.15) is 0 Å². The lowest BCUT2D eigenvalue weighted by Crippen LogP contribution is -2.02. The standard InChI is InChI=1S/C48H27N3S2/c1-2-12-29(13-3-1)44-35-15-6-7-20-38(35)49-48(50-44)37-19-10-21-40-43(37)36-18-8-16-32(47(36)53-40)30-24-26-39-42(27-30)52-41-22-9-17-33-34-25-23-28-11-4-5-14-31(28)45(34)51(39)46(33)41/h1-27H. The number of fused-ring (bicyclic) bond motifs is 11. The summed E-state index contributed by atoms with van der Waals surface area (Å²) in [4.78, 5) is 13.0. The second kappa shape index (κ2) is 11.1. The molecule has 12 rings (SSSR count). The molecule has 0 bridgehead atoms. The third-order valence-electron chi connectivity index (χ3n) is 10.8. The van der Waals surface area contributed by atoms with Crippen LogP contribution in [0.4, 0.5) is 0 Å². The van der Waals surface area contributed by atoms with Crippen LogP contribution in [0.1, 0.15) is 0 Å². The first-order valence-electron chi connectivity index (χ1n) is 17.8. The van der Waals surface area contributed by atoms with Crippen molar-refractivity contribution < 1.29 is 0 Å². The SMILES string of the molecule is c1ccc(-c2nc(-c3cccc4sc5c(-c6ccc7c(c6)Sc6cccc8c9ccc%10ccccc%10c9n-7c68)cccc5c34)nc3ccccc23)cc1. The van der Waals surface area contributed by atoms with Crippen molar-refractivity contribution in [2.45, 2.75) is 9.79 Å². The molecule has 0 saturated carbocycles. The van der Waals surface area contributed by atoms with Crippen LogP contribution in [0, 0.1) is 0 Å². The van der Waals surface area contributed by atoms with Gasteiger partial charge in [-0.15, -0.1) is 11.3 Å². The van der Waals surface area contributed by atoms with E-state index in [0.717, 1.165) is 33.5 Å². The minimum atomic E-state index is 0.750. The first-order valence-corrected chi connectivity index (χ1v) is 19.5. The Kier molecular flexibility index (Phi) is 6.15. The summed E-state index contributed by atoms with van der Waals surface area (Å²) in [6, 6.07) is 59.2. The van der Waals surface area contributed by atoms with E-state index in [1.807, 2.05) is 29.2 Å². The van der Waals surface area contributed by atoms with E-state index >= 15 is 0 Å². The summed E-state index contributed by atoms with van der Waals surface area (Å²) in [5.74, 6) is 0.750. The van der Waals surface area contributed by atoms with E-state index in [2.05, 4.69) is 162 Å². The van der Waals surface area contributed by atoms with Crippen LogP contribution in [0.5, 0.6) is 0 Å².